The fourth-order valence-electron chi connectivity index (χ4n) is 2.05. The molecular weight excluding hydrogens is 341 g/mol. The highest BCUT2D eigenvalue weighted by Crippen LogP contribution is 2.27. The van der Waals surface area contributed by atoms with Crippen molar-refractivity contribution in [2.45, 2.75) is 0 Å². The average molecular weight is 359 g/mol. The van der Waals surface area contributed by atoms with E-state index in [0.29, 0.717) is 22.6 Å². The molecule has 0 aromatic heterocycles. The standard InChI is InChI=1S/C18H18FN3O4/c1-25-15-7-6-13(9-16(15)26-2)18(24)20-11-17(23)22-21-10-12-4-3-5-14(19)8-12/h3-10H,11H2,1-2H3,(H,20,24)(H,22,23)/b21-10-. The van der Waals surface area contributed by atoms with Crippen LogP contribution in [0.25, 0.3) is 0 Å². The highest BCUT2D eigenvalue weighted by Gasteiger charge is 2.11. The van der Waals surface area contributed by atoms with Crippen LogP contribution in [0.5, 0.6) is 11.5 Å². The van der Waals surface area contributed by atoms with E-state index in [9.17, 15) is 14.0 Å². The fraction of sp³-hybridized carbons (Fsp3) is 0.167. The number of benzene rings is 2. The zero-order valence-corrected chi connectivity index (χ0v) is 14.3. The van der Waals surface area contributed by atoms with Gasteiger partial charge >= 0.3 is 0 Å². The second-order valence-electron chi connectivity index (χ2n) is 5.10. The quantitative estimate of drug-likeness (QED) is 0.582. The molecule has 7 nitrogen and oxygen atoms in total. The van der Waals surface area contributed by atoms with Gasteiger partial charge in [0.25, 0.3) is 11.8 Å². The molecule has 8 heteroatoms. The van der Waals surface area contributed by atoms with E-state index in [4.69, 9.17) is 9.47 Å². The molecule has 0 fully saturated rings. The molecule has 0 saturated heterocycles. The SMILES string of the molecule is COc1ccc(C(=O)NCC(=O)N/N=C\c2cccc(F)c2)cc1OC. The van der Waals surface area contributed by atoms with Gasteiger partial charge in [0.15, 0.2) is 11.5 Å². The molecule has 26 heavy (non-hydrogen) atoms. The van der Waals surface area contributed by atoms with Gasteiger partial charge < -0.3 is 14.8 Å². The molecule has 0 spiro atoms. The van der Waals surface area contributed by atoms with E-state index in [2.05, 4.69) is 15.8 Å². The molecule has 0 aliphatic rings. The summed E-state index contributed by atoms with van der Waals surface area (Å²) in [6.45, 7) is -0.270. The van der Waals surface area contributed by atoms with Gasteiger partial charge in [-0.05, 0) is 35.9 Å². The van der Waals surface area contributed by atoms with Crippen LogP contribution in [-0.2, 0) is 4.79 Å². The van der Waals surface area contributed by atoms with Crippen LogP contribution >= 0.6 is 0 Å². The largest absolute Gasteiger partial charge is 0.493 e. The number of rotatable bonds is 7. The van der Waals surface area contributed by atoms with Crippen molar-refractivity contribution in [1.82, 2.24) is 10.7 Å². The summed E-state index contributed by atoms with van der Waals surface area (Å²) >= 11 is 0. The molecular formula is C18H18FN3O4. The summed E-state index contributed by atoms with van der Waals surface area (Å²) in [7, 11) is 2.95. The predicted molar refractivity (Wildman–Crippen MR) is 94.0 cm³/mol. The van der Waals surface area contributed by atoms with E-state index >= 15 is 0 Å². The van der Waals surface area contributed by atoms with Crippen molar-refractivity contribution in [2.24, 2.45) is 5.10 Å². The Balaban J connectivity index is 1.86. The summed E-state index contributed by atoms with van der Waals surface area (Å²) in [6.07, 6.45) is 1.30. The lowest BCUT2D eigenvalue weighted by molar-refractivity contribution is -0.120. The molecule has 136 valence electrons. The summed E-state index contributed by atoms with van der Waals surface area (Å²) < 4.78 is 23.2. The summed E-state index contributed by atoms with van der Waals surface area (Å²) in [5.41, 5.74) is 3.06. The van der Waals surface area contributed by atoms with Crippen LogP contribution in [0.2, 0.25) is 0 Å². The monoisotopic (exact) mass is 359 g/mol. The molecule has 0 aliphatic heterocycles. The first-order chi connectivity index (χ1) is 12.5. The van der Waals surface area contributed by atoms with Gasteiger partial charge in [-0.15, -0.1) is 0 Å². The van der Waals surface area contributed by atoms with Gasteiger partial charge in [0.2, 0.25) is 0 Å². The van der Waals surface area contributed by atoms with Gasteiger partial charge in [0, 0.05) is 5.56 Å². The van der Waals surface area contributed by atoms with Crippen molar-refractivity contribution < 1.29 is 23.5 Å². The molecule has 2 rings (SSSR count). The molecule has 2 aromatic carbocycles. The smallest absolute Gasteiger partial charge is 0.259 e. The third-order valence-electron chi connectivity index (χ3n) is 3.31. The minimum atomic E-state index is -0.522. The van der Waals surface area contributed by atoms with Crippen LogP contribution in [0.1, 0.15) is 15.9 Å². The lowest BCUT2D eigenvalue weighted by Crippen LogP contribution is -2.34. The zero-order valence-electron chi connectivity index (χ0n) is 14.3. The number of halogens is 1. The molecule has 0 aliphatic carbocycles. The Hall–Kier alpha value is -3.42. The van der Waals surface area contributed by atoms with Crippen LogP contribution in [0, 0.1) is 5.82 Å². The maximum absolute atomic E-state index is 13.0. The lowest BCUT2D eigenvalue weighted by Gasteiger charge is -2.09. The molecule has 0 radical (unpaired) electrons. The number of carbonyl (C=O) groups excluding carboxylic acids is 2. The van der Waals surface area contributed by atoms with Crippen molar-refractivity contribution in [3.05, 3.63) is 59.4 Å². The number of methoxy groups -OCH3 is 2. The molecule has 2 aromatic rings. The van der Waals surface area contributed by atoms with Crippen LogP contribution in [0.3, 0.4) is 0 Å². The van der Waals surface area contributed by atoms with Gasteiger partial charge in [-0.1, -0.05) is 12.1 Å². The number of carbonyl (C=O) groups is 2. The first-order valence-electron chi connectivity index (χ1n) is 7.61. The predicted octanol–water partition coefficient (Wildman–Crippen LogP) is 1.72. The van der Waals surface area contributed by atoms with Crippen LogP contribution < -0.4 is 20.2 Å². The summed E-state index contributed by atoms with van der Waals surface area (Å²) in [6, 6.07) is 10.4. The molecule has 0 unspecified atom stereocenters. The molecule has 2 N–H and O–H groups in total. The average Bonchev–Trinajstić information content (AvgIpc) is 2.65. The first-order valence-corrected chi connectivity index (χ1v) is 7.61. The van der Waals surface area contributed by atoms with E-state index in [1.54, 1.807) is 18.2 Å². The Morgan fingerprint density at radius 1 is 1.12 bits per heavy atom. The van der Waals surface area contributed by atoms with Crippen LogP contribution in [0.15, 0.2) is 47.6 Å². The zero-order chi connectivity index (χ0) is 18.9. The van der Waals surface area contributed by atoms with Gasteiger partial charge in [-0.2, -0.15) is 5.10 Å². The van der Waals surface area contributed by atoms with E-state index in [1.165, 1.54) is 44.7 Å². The number of amides is 2. The number of nitrogens with one attached hydrogen (secondary N) is 2. The third kappa shape index (κ3) is 5.30. The van der Waals surface area contributed by atoms with Crippen molar-refractivity contribution in [3.63, 3.8) is 0 Å². The van der Waals surface area contributed by atoms with E-state index in [-0.39, 0.29) is 6.54 Å². The number of ether oxygens (including phenoxy) is 2. The normalized spacial score (nSPS) is 10.4. The van der Waals surface area contributed by atoms with Crippen molar-refractivity contribution in [1.29, 1.82) is 0 Å². The maximum Gasteiger partial charge on any atom is 0.259 e. The second kappa shape index (κ2) is 9.16. The number of hydrogen-bond acceptors (Lipinski definition) is 5. The Morgan fingerprint density at radius 2 is 1.88 bits per heavy atom. The molecule has 0 atom stereocenters. The third-order valence-corrected chi connectivity index (χ3v) is 3.31. The number of hydrazone groups is 1. The second-order valence-corrected chi connectivity index (χ2v) is 5.10. The number of nitrogens with zero attached hydrogens (tertiary/aromatic N) is 1. The van der Waals surface area contributed by atoms with Gasteiger partial charge in [-0.3, -0.25) is 9.59 Å². The Kier molecular flexibility index (Phi) is 6.67. The molecule has 2 amide bonds. The summed E-state index contributed by atoms with van der Waals surface area (Å²) in [5.74, 6) is -0.470. The maximum atomic E-state index is 13.0. The van der Waals surface area contributed by atoms with E-state index < -0.39 is 17.6 Å². The Bertz CT molecular complexity index is 824. The fourth-order valence-corrected chi connectivity index (χ4v) is 2.05. The van der Waals surface area contributed by atoms with Gasteiger partial charge in [0.1, 0.15) is 5.82 Å². The summed E-state index contributed by atoms with van der Waals surface area (Å²) in [5, 5.41) is 6.17. The minimum absolute atomic E-state index is 0.270. The van der Waals surface area contributed by atoms with Crippen molar-refractivity contribution >= 4 is 18.0 Å². The highest BCUT2D eigenvalue weighted by atomic mass is 19.1. The van der Waals surface area contributed by atoms with Crippen LogP contribution in [-0.4, -0.2) is 38.8 Å². The Morgan fingerprint density at radius 3 is 2.58 bits per heavy atom. The van der Waals surface area contributed by atoms with E-state index in [0.717, 1.165) is 0 Å². The van der Waals surface area contributed by atoms with Gasteiger partial charge in [-0.25, -0.2) is 9.82 Å². The summed E-state index contributed by atoms with van der Waals surface area (Å²) in [4.78, 5) is 23.8. The highest BCUT2D eigenvalue weighted by molar-refractivity contribution is 5.97. The molecule has 0 saturated carbocycles. The number of hydrogen-bond donors (Lipinski definition) is 2. The van der Waals surface area contributed by atoms with Crippen molar-refractivity contribution in [2.75, 3.05) is 20.8 Å². The lowest BCUT2D eigenvalue weighted by atomic mass is 10.2. The van der Waals surface area contributed by atoms with Crippen molar-refractivity contribution in [3.8, 4) is 11.5 Å². The van der Waals surface area contributed by atoms with Gasteiger partial charge in [0.05, 0.1) is 27.0 Å². The molecule has 0 heterocycles. The first kappa shape index (κ1) is 18.9. The minimum Gasteiger partial charge on any atom is -0.493 e. The molecule has 0 bridgehead atoms. The Labute approximate surface area is 149 Å². The topological polar surface area (TPSA) is 89.0 Å². The van der Waals surface area contributed by atoms with E-state index in [1.807, 2.05) is 0 Å². The van der Waals surface area contributed by atoms with Crippen LogP contribution in [0.4, 0.5) is 4.39 Å².